The van der Waals surface area contributed by atoms with E-state index < -0.39 is 5.60 Å². The van der Waals surface area contributed by atoms with E-state index in [4.69, 9.17) is 0 Å². The number of aryl methyl sites for hydroxylation is 1. The van der Waals surface area contributed by atoms with Gasteiger partial charge in [0.2, 0.25) is 0 Å². The van der Waals surface area contributed by atoms with Crippen LogP contribution in [0.4, 0.5) is 0 Å². The molecule has 0 aromatic carbocycles. The first kappa shape index (κ1) is 18.5. The minimum atomic E-state index is -1.05. The molecule has 0 saturated carbocycles. The number of thiophene rings is 1. The van der Waals surface area contributed by atoms with E-state index >= 15 is 0 Å². The van der Waals surface area contributed by atoms with E-state index in [0.29, 0.717) is 11.9 Å². The monoisotopic (exact) mass is 349 g/mol. The highest BCUT2D eigenvalue weighted by atomic mass is 32.1. The Morgan fingerprint density at radius 2 is 2.29 bits per heavy atom. The molecular weight excluding hydrogens is 322 g/mol. The second-order valence-electron chi connectivity index (χ2n) is 6.21. The van der Waals surface area contributed by atoms with E-state index in [9.17, 15) is 5.11 Å². The van der Waals surface area contributed by atoms with Crippen LogP contribution in [0.5, 0.6) is 0 Å². The van der Waals surface area contributed by atoms with Crippen molar-refractivity contribution in [1.82, 2.24) is 20.4 Å². The predicted octanol–water partition coefficient (Wildman–Crippen LogP) is 2.05. The predicted molar refractivity (Wildman–Crippen MR) is 99.5 cm³/mol. The van der Waals surface area contributed by atoms with Crippen molar-refractivity contribution in [3.05, 3.63) is 40.3 Å². The fraction of sp³-hybridized carbons (Fsp3) is 0.529. The Kier molecular flexibility index (Phi) is 6.39. The number of aliphatic hydroxyl groups is 1. The van der Waals surface area contributed by atoms with Gasteiger partial charge in [-0.05, 0) is 42.2 Å². The Bertz CT molecular complexity index is 648. The van der Waals surface area contributed by atoms with Crippen molar-refractivity contribution in [2.75, 3.05) is 19.6 Å². The van der Waals surface area contributed by atoms with Crippen LogP contribution in [0.15, 0.2) is 34.2 Å². The zero-order valence-electron chi connectivity index (χ0n) is 14.8. The van der Waals surface area contributed by atoms with Gasteiger partial charge in [0.1, 0.15) is 5.60 Å². The molecule has 2 atom stereocenters. The molecule has 2 aromatic rings. The average Bonchev–Trinajstić information content (AvgIpc) is 3.21. The van der Waals surface area contributed by atoms with Crippen molar-refractivity contribution < 1.29 is 5.11 Å². The summed E-state index contributed by atoms with van der Waals surface area (Å²) in [6.45, 7) is 7.79. The molecule has 2 aromatic heterocycles. The number of hydrogen-bond donors (Lipinski definition) is 3. The molecule has 2 unspecified atom stereocenters. The van der Waals surface area contributed by atoms with Crippen LogP contribution in [0.1, 0.15) is 37.8 Å². The summed E-state index contributed by atoms with van der Waals surface area (Å²) in [5.41, 5.74) is 1.04. The summed E-state index contributed by atoms with van der Waals surface area (Å²) in [5.74, 6) is 1.11. The van der Waals surface area contributed by atoms with Gasteiger partial charge in [0.05, 0.1) is 12.7 Å². The molecule has 7 heteroatoms. The fourth-order valence-electron chi connectivity index (χ4n) is 2.29. The Hall–Kier alpha value is -1.86. The van der Waals surface area contributed by atoms with Gasteiger partial charge in [-0.3, -0.25) is 4.68 Å². The van der Waals surface area contributed by atoms with Gasteiger partial charge in [-0.15, -0.1) is 0 Å². The molecule has 132 valence electrons. The topological polar surface area (TPSA) is 74.5 Å². The lowest BCUT2D eigenvalue weighted by atomic mass is 10.0. The molecule has 0 aliphatic rings. The molecule has 0 aliphatic heterocycles. The molecule has 6 nitrogen and oxygen atoms in total. The zero-order valence-corrected chi connectivity index (χ0v) is 15.6. The van der Waals surface area contributed by atoms with Crippen molar-refractivity contribution in [3.63, 3.8) is 0 Å². The molecule has 0 fully saturated rings. The van der Waals surface area contributed by atoms with Crippen LogP contribution in [0.2, 0.25) is 0 Å². The highest BCUT2D eigenvalue weighted by Gasteiger charge is 2.24. The Balaban J connectivity index is 1.97. The van der Waals surface area contributed by atoms with Crippen LogP contribution in [-0.2, 0) is 12.6 Å². The molecule has 3 N–H and O–H groups in total. The lowest BCUT2D eigenvalue weighted by Crippen LogP contribution is -2.40. The van der Waals surface area contributed by atoms with E-state index in [1.165, 1.54) is 5.56 Å². The highest BCUT2D eigenvalue weighted by molar-refractivity contribution is 7.07. The lowest BCUT2D eigenvalue weighted by Gasteiger charge is -2.21. The maximum Gasteiger partial charge on any atom is 0.191 e. The van der Waals surface area contributed by atoms with Gasteiger partial charge >= 0.3 is 0 Å². The van der Waals surface area contributed by atoms with Gasteiger partial charge in [0.15, 0.2) is 5.96 Å². The molecule has 24 heavy (non-hydrogen) atoms. The van der Waals surface area contributed by atoms with E-state index in [0.717, 1.165) is 18.7 Å². The maximum absolute atomic E-state index is 10.6. The fourth-order valence-corrected chi connectivity index (χ4v) is 3.07. The maximum atomic E-state index is 10.6. The van der Waals surface area contributed by atoms with Crippen molar-refractivity contribution >= 4 is 17.3 Å². The normalized spacial score (nSPS) is 15.8. The average molecular weight is 350 g/mol. The number of aromatic nitrogens is 2. The Morgan fingerprint density at radius 1 is 1.50 bits per heavy atom. The molecule has 0 amide bonds. The third kappa shape index (κ3) is 5.07. The van der Waals surface area contributed by atoms with Crippen molar-refractivity contribution in [2.24, 2.45) is 12.0 Å². The number of guanidine groups is 1. The summed E-state index contributed by atoms with van der Waals surface area (Å²) in [4.78, 5) is 4.53. The largest absolute Gasteiger partial charge is 0.383 e. The first-order chi connectivity index (χ1) is 11.4. The summed E-state index contributed by atoms with van der Waals surface area (Å²) in [6, 6.07) is 2.15. The van der Waals surface area contributed by atoms with E-state index in [1.807, 2.05) is 20.2 Å². The zero-order chi connectivity index (χ0) is 17.6. The molecule has 2 heterocycles. The minimum Gasteiger partial charge on any atom is -0.383 e. The summed E-state index contributed by atoms with van der Waals surface area (Å²) >= 11 is 1.71. The lowest BCUT2D eigenvalue weighted by molar-refractivity contribution is 0.0672. The van der Waals surface area contributed by atoms with Crippen LogP contribution < -0.4 is 10.6 Å². The summed E-state index contributed by atoms with van der Waals surface area (Å²) in [5, 5.41) is 25.6. The van der Waals surface area contributed by atoms with Crippen LogP contribution in [-0.4, -0.2) is 40.5 Å². The number of nitrogens with zero attached hydrogens (tertiary/aromatic N) is 3. The first-order valence-electron chi connectivity index (χ1n) is 8.18. The van der Waals surface area contributed by atoms with E-state index in [1.54, 1.807) is 29.1 Å². The second-order valence-corrected chi connectivity index (χ2v) is 6.99. The third-order valence-electron chi connectivity index (χ3n) is 3.90. The van der Waals surface area contributed by atoms with Gasteiger partial charge in [-0.1, -0.05) is 6.92 Å². The summed E-state index contributed by atoms with van der Waals surface area (Å²) in [7, 11) is 1.83. The van der Waals surface area contributed by atoms with Crippen LogP contribution in [0, 0.1) is 0 Å². The Labute approximate surface area is 147 Å². The number of hydrogen-bond acceptors (Lipinski definition) is 4. The highest BCUT2D eigenvalue weighted by Crippen LogP contribution is 2.20. The van der Waals surface area contributed by atoms with Crippen molar-refractivity contribution in [2.45, 2.75) is 32.3 Å². The molecule has 0 radical (unpaired) electrons. The van der Waals surface area contributed by atoms with Crippen molar-refractivity contribution in [1.29, 1.82) is 0 Å². The Morgan fingerprint density at radius 3 is 2.88 bits per heavy atom. The number of rotatable bonds is 7. The molecule has 0 bridgehead atoms. The second kappa shape index (κ2) is 8.30. The van der Waals surface area contributed by atoms with Gasteiger partial charge < -0.3 is 15.7 Å². The SMILES string of the molecule is CCNC(=NCC(C)(O)c1cnn(C)c1)NCC(C)c1ccsc1. The van der Waals surface area contributed by atoms with Crippen LogP contribution in [0.3, 0.4) is 0 Å². The van der Waals surface area contributed by atoms with Gasteiger partial charge in [0.25, 0.3) is 0 Å². The molecule has 0 aliphatic carbocycles. The van der Waals surface area contributed by atoms with E-state index in [-0.39, 0.29) is 6.54 Å². The van der Waals surface area contributed by atoms with Gasteiger partial charge in [-0.2, -0.15) is 16.4 Å². The van der Waals surface area contributed by atoms with Gasteiger partial charge in [-0.25, -0.2) is 4.99 Å². The quantitative estimate of drug-likeness (QED) is 0.528. The minimum absolute atomic E-state index is 0.265. The van der Waals surface area contributed by atoms with Crippen LogP contribution >= 0.6 is 11.3 Å². The number of nitrogens with one attached hydrogen (secondary N) is 2. The molecule has 0 spiro atoms. The number of aliphatic imine (C=N–C) groups is 1. The van der Waals surface area contributed by atoms with Crippen molar-refractivity contribution in [3.8, 4) is 0 Å². The smallest absolute Gasteiger partial charge is 0.191 e. The van der Waals surface area contributed by atoms with E-state index in [2.05, 4.69) is 44.5 Å². The third-order valence-corrected chi connectivity index (χ3v) is 4.61. The summed E-state index contributed by atoms with van der Waals surface area (Å²) in [6.07, 6.45) is 3.49. The standard InChI is InChI=1S/C17H27N5OS/c1-5-18-16(19-8-13(2)14-6-7-24-11-14)20-12-17(3,23)15-9-21-22(4)10-15/h6-7,9-11,13,23H,5,8,12H2,1-4H3,(H2,18,19,20). The molecular formula is C17H27N5OS. The summed E-state index contributed by atoms with van der Waals surface area (Å²) < 4.78 is 1.68. The van der Waals surface area contributed by atoms with Gasteiger partial charge in [0, 0.05) is 31.9 Å². The molecule has 2 rings (SSSR count). The first-order valence-corrected chi connectivity index (χ1v) is 9.12. The van der Waals surface area contributed by atoms with Crippen LogP contribution in [0.25, 0.3) is 0 Å². The molecule has 0 saturated heterocycles.